The Kier molecular flexibility index (Phi) is 3.74. The first-order valence-electron chi connectivity index (χ1n) is 8.00. The quantitative estimate of drug-likeness (QED) is 0.643. The average Bonchev–Trinajstić information content (AvgIpc) is 3.09. The van der Waals surface area contributed by atoms with Gasteiger partial charge in [0.2, 0.25) is 5.28 Å². The van der Waals surface area contributed by atoms with E-state index in [1.54, 1.807) is 11.3 Å². The maximum Gasteiger partial charge on any atom is 0.225 e. The van der Waals surface area contributed by atoms with Gasteiger partial charge in [0.15, 0.2) is 0 Å². The number of rotatable bonds is 3. The van der Waals surface area contributed by atoms with Crippen LogP contribution >= 0.6 is 22.9 Å². The number of thiophene rings is 1. The number of aromatic nitrogens is 2. The van der Waals surface area contributed by atoms with Gasteiger partial charge in [-0.15, -0.1) is 11.3 Å². The van der Waals surface area contributed by atoms with Crippen molar-refractivity contribution >= 4 is 44.7 Å². The lowest BCUT2D eigenvalue weighted by Gasteiger charge is -2.14. The van der Waals surface area contributed by atoms with E-state index in [0.717, 1.165) is 41.0 Å². The number of hydrogen-bond donors (Lipinski definition) is 1. The van der Waals surface area contributed by atoms with Crippen molar-refractivity contribution in [1.82, 2.24) is 9.97 Å². The first kappa shape index (κ1) is 14.9. The minimum Gasteiger partial charge on any atom is -0.339 e. The van der Waals surface area contributed by atoms with Crippen LogP contribution in [0.1, 0.15) is 34.9 Å². The Morgan fingerprint density at radius 1 is 1.26 bits per heavy atom. The predicted molar refractivity (Wildman–Crippen MR) is 98.3 cm³/mol. The van der Waals surface area contributed by atoms with Gasteiger partial charge in [0.05, 0.1) is 5.39 Å². The van der Waals surface area contributed by atoms with Gasteiger partial charge >= 0.3 is 0 Å². The number of halogens is 1. The molecule has 1 aromatic carbocycles. The summed E-state index contributed by atoms with van der Waals surface area (Å²) in [4.78, 5) is 11.4. The largest absolute Gasteiger partial charge is 0.339 e. The van der Waals surface area contributed by atoms with Gasteiger partial charge in [0.1, 0.15) is 10.6 Å². The molecule has 1 aliphatic carbocycles. The molecular weight excluding hydrogens is 326 g/mol. The topological polar surface area (TPSA) is 37.8 Å². The second-order valence-corrected chi connectivity index (χ2v) is 7.39. The van der Waals surface area contributed by atoms with E-state index in [2.05, 4.69) is 47.3 Å². The predicted octanol–water partition coefficient (Wildman–Crippen LogP) is 5.45. The van der Waals surface area contributed by atoms with Gasteiger partial charge < -0.3 is 5.32 Å². The molecule has 3 aromatic rings. The molecule has 0 fully saturated rings. The fraction of sp³-hybridized carbons (Fsp3) is 0.333. The molecular formula is C18H18ClN3S. The molecule has 0 atom stereocenters. The Balaban J connectivity index is 1.90. The third kappa shape index (κ3) is 2.50. The lowest BCUT2D eigenvalue weighted by Crippen LogP contribution is -2.02. The third-order valence-corrected chi connectivity index (χ3v) is 5.88. The first-order chi connectivity index (χ1) is 11.2. The van der Waals surface area contributed by atoms with Gasteiger partial charge in [-0.25, -0.2) is 4.98 Å². The van der Waals surface area contributed by atoms with Crippen molar-refractivity contribution in [3.05, 3.63) is 45.1 Å². The molecule has 0 aliphatic heterocycles. The highest BCUT2D eigenvalue weighted by atomic mass is 35.5. The van der Waals surface area contributed by atoms with Crippen LogP contribution in [0, 0.1) is 6.92 Å². The molecule has 0 radical (unpaired) electrons. The summed E-state index contributed by atoms with van der Waals surface area (Å²) >= 11 is 7.93. The lowest BCUT2D eigenvalue weighted by molar-refractivity contribution is 0.917. The average molecular weight is 344 g/mol. The molecule has 0 saturated heterocycles. The molecule has 0 saturated carbocycles. The van der Waals surface area contributed by atoms with Crippen LogP contribution in [0.3, 0.4) is 0 Å². The molecule has 0 unspecified atom stereocenters. The van der Waals surface area contributed by atoms with Gasteiger partial charge in [-0.1, -0.05) is 25.1 Å². The fourth-order valence-corrected chi connectivity index (χ4v) is 4.86. The van der Waals surface area contributed by atoms with Crippen molar-refractivity contribution < 1.29 is 0 Å². The van der Waals surface area contributed by atoms with Crippen LogP contribution in [0.2, 0.25) is 5.28 Å². The zero-order valence-corrected chi connectivity index (χ0v) is 14.8. The summed E-state index contributed by atoms with van der Waals surface area (Å²) in [6.45, 7) is 4.30. The van der Waals surface area contributed by atoms with Crippen molar-refractivity contribution in [3.8, 4) is 0 Å². The summed E-state index contributed by atoms with van der Waals surface area (Å²) in [5.74, 6) is 0.850. The highest BCUT2D eigenvalue weighted by Gasteiger charge is 2.22. The number of aryl methyl sites for hydroxylation is 4. The Morgan fingerprint density at radius 3 is 2.96 bits per heavy atom. The minimum absolute atomic E-state index is 0.312. The summed E-state index contributed by atoms with van der Waals surface area (Å²) in [6.07, 6.45) is 4.47. The molecule has 2 aromatic heterocycles. The first-order valence-corrected chi connectivity index (χ1v) is 9.20. The van der Waals surface area contributed by atoms with E-state index < -0.39 is 0 Å². The monoisotopic (exact) mass is 343 g/mol. The number of fused-ring (bicyclic) bond motifs is 3. The van der Waals surface area contributed by atoms with Crippen LogP contribution in [0.15, 0.2) is 18.2 Å². The van der Waals surface area contributed by atoms with E-state index in [4.69, 9.17) is 11.6 Å². The van der Waals surface area contributed by atoms with Crippen LogP contribution < -0.4 is 5.32 Å². The zero-order valence-electron chi connectivity index (χ0n) is 13.2. The number of hydrogen-bond acceptors (Lipinski definition) is 4. The van der Waals surface area contributed by atoms with Crippen molar-refractivity contribution in [2.75, 3.05) is 5.32 Å². The van der Waals surface area contributed by atoms with E-state index in [-0.39, 0.29) is 0 Å². The van der Waals surface area contributed by atoms with Gasteiger partial charge in [0, 0.05) is 10.6 Å². The molecule has 0 bridgehead atoms. The number of nitrogens with one attached hydrogen (secondary N) is 1. The summed E-state index contributed by atoms with van der Waals surface area (Å²) in [6, 6.07) is 6.39. The molecule has 2 heterocycles. The standard InChI is InChI=1S/C18H18ClN3S/c1-3-11-7-4-6-10(2)15(11)20-16-14-12-8-5-9-13(12)23-17(14)22-18(19)21-16/h4,6-7H,3,5,8-9H2,1-2H3,(H,20,21,22). The Labute approximate surface area is 144 Å². The van der Waals surface area contributed by atoms with E-state index >= 15 is 0 Å². The molecule has 23 heavy (non-hydrogen) atoms. The fourth-order valence-electron chi connectivity index (χ4n) is 3.38. The molecule has 5 heteroatoms. The maximum absolute atomic E-state index is 6.17. The SMILES string of the molecule is CCc1cccc(C)c1Nc1nc(Cl)nc2sc3c(c12)CCC3. The summed E-state index contributed by atoms with van der Waals surface area (Å²) < 4.78 is 0. The highest BCUT2D eigenvalue weighted by Crippen LogP contribution is 2.41. The van der Waals surface area contributed by atoms with Crippen molar-refractivity contribution in [1.29, 1.82) is 0 Å². The van der Waals surface area contributed by atoms with E-state index in [1.165, 1.54) is 28.0 Å². The van der Waals surface area contributed by atoms with Gasteiger partial charge in [-0.05, 0) is 60.9 Å². The summed E-state index contributed by atoms with van der Waals surface area (Å²) in [5.41, 5.74) is 5.07. The zero-order chi connectivity index (χ0) is 16.0. The number of benzene rings is 1. The van der Waals surface area contributed by atoms with Gasteiger partial charge in [0.25, 0.3) is 0 Å². The second-order valence-electron chi connectivity index (χ2n) is 5.97. The Bertz CT molecular complexity index is 901. The number of anilines is 2. The maximum atomic E-state index is 6.17. The molecule has 1 aliphatic rings. The Hall–Kier alpha value is -1.65. The van der Waals surface area contributed by atoms with Crippen LogP contribution in [-0.4, -0.2) is 9.97 Å². The van der Waals surface area contributed by atoms with Crippen molar-refractivity contribution in [3.63, 3.8) is 0 Å². The van der Waals surface area contributed by atoms with Gasteiger partial charge in [-0.3, -0.25) is 0 Å². The van der Waals surface area contributed by atoms with E-state index in [1.807, 2.05) is 0 Å². The Morgan fingerprint density at radius 2 is 2.13 bits per heavy atom. The normalized spacial score (nSPS) is 13.5. The smallest absolute Gasteiger partial charge is 0.225 e. The molecule has 1 N–H and O–H groups in total. The molecule has 0 spiro atoms. The van der Waals surface area contributed by atoms with Crippen molar-refractivity contribution in [2.45, 2.75) is 39.5 Å². The molecule has 4 rings (SSSR count). The highest BCUT2D eigenvalue weighted by molar-refractivity contribution is 7.19. The number of nitrogens with zero attached hydrogens (tertiary/aromatic N) is 2. The van der Waals surface area contributed by atoms with Crippen LogP contribution in [-0.2, 0) is 19.3 Å². The van der Waals surface area contributed by atoms with Crippen LogP contribution in [0.5, 0.6) is 0 Å². The van der Waals surface area contributed by atoms with Crippen molar-refractivity contribution in [2.24, 2.45) is 0 Å². The molecule has 0 amide bonds. The number of para-hydroxylation sites is 1. The minimum atomic E-state index is 0.312. The summed E-state index contributed by atoms with van der Waals surface area (Å²) in [7, 11) is 0. The third-order valence-electron chi connectivity index (χ3n) is 4.52. The van der Waals surface area contributed by atoms with E-state index in [0.29, 0.717) is 5.28 Å². The van der Waals surface area contributed by atoms with Crippen LogP contribution in [0.25, 0.3) is 10.2 Å². The van der Waals surface area contributed by atoms with Crippen LogP contribution in [0.4, 0.5) is 11.5 Å². The molecule has 118 valence electrons. The lowest BCUT2D eigenvalue weighted by atomic mass is 10.1. The molecule has 3 nitrogen and oxygen atoms in total. The second kappa shape index (κ2) is 5.77. The van der Waals surface area contributed by atoms with E-state index in [9.17, 15) is 0 Å². The van der Waals surface area contributed by atoms with Gasteiger partial charge in [-0.2, -0.15) is 4.98 Å². The summed E-state index contributed by atoms with van der Waals surface area (Å²) in [5, 5.41) is 5.04.